The molecular formula is C27H20N10O3. The molecule has 0 aliphatic rings. The second-order valence-electron chi connectivity index (χ2n) is 8.09. The molecule has 2 aromatic heterocycles. The summed E-state index contributed by atoms with van der Waals surface area (Å²) in [5.41, 5.74) is 2.37. The maximum atomic E-state index is 12.7. The fraction of sp³-hybridized carbons (Fsp3) is 0.0741. The van der Waals surface area contributed by atoms with Crippen molar-refractivity contribution in [2.24, 2.45) is 15.9 Å². The molecular weight excluding hydrogens is 512 g/mol. The molecule has 2 heterocycles. The first-order valence-corrected chi connectivity index (χ1v) is 11.7. The van der Waals surface area contributed by atoms with Gasteiger partial charge < -0.3 is 16.3 Å². The number of carbonyl (C=O) groups excluding carboxylic acids is 1. The van der Waals surface area contributed by atoms with Crippen molar-refractivity contribution >= 4 is 35.2 Å². The molecule has 4 rings (SSSR count). The number of nitrogens with two attached hydrogens (primary N) is 1. The maximum absolute atomic E-state index is 12.7. The highest BCUT2D eigenvalue weighted by molar-refractivity contribution is 6.38. The van der Waals surface area contributed by atoms with Gasteiger partial charge in [-0.15, -0.1) is 5.10 Å². The summed E-state index contributed by atoms with van der Waals surface area (Å²) in [5.74, 6) is 4.07. The molecule has 196 valence electrons. The summed E-state index contributed by atoms with van der Waals surface area (Å²) in [5, 5.41) is 33.4. The van der Waals surface area contributed by atoms with Gasteiger partial charge in [0.15, 0.2) is 5.69 Å². The standard InChI is InChI=1S/C27H20N10O3/c1-3-31-26(38)16-10-22(24(34-29)14-32-19-6-4-5-18(12-19)30-2)33-23(11-16)25-15-37(36-35-25)20-7-8-21(27(39)40)17(9-20)13-28/h4-12,14-15H,3,29H2,1H3,(H,31,38)(H,39,40). The van der Waals surface area contributed by atoms with Crippen LogP contribution in [0, 0.1) is 17.9 Å². The molecule has 2 aromatic carbocycles. The van der Waals surface area contributed by atoms with Gasteiger partial charge in [0.25, 0.3) is 5.91 Å². The van der Waals surface area contributed by atoms with Crippen LogP contribution in [-0.2, 0) is 0 Å². The van der Waals surface area contributed by atoms with Crippen molar-refractivity contribution in [1.82, 2.24) is 25.3 Å². The first-order valence-electron chi connectivity index (χ1n) is 11.7. The summed E-state index contributed by atoms with van der Waals surface area (Å²) in [4.78, 5) is 36.4. The SMILES string of the molecule is [C-]#[N+]c1cccc(N=CC(=NN)c2cc(C(=O)NCC)cc(-c3cn(-c4ccc(C(=O)O)c(C#N)c4)nn3)n2)c1. The fourth-order valence-electron chi connectivity index (χ4n) is 3.59. The average Bonchev–Trinajstić information content (AvgIpc) is 3.48. The number of pyridine rings is 1. The maximum Gasteiger partial charge on any atom is 0.337 e. The Morgan fingerprint density at radius 3 is 2.75 bits per heavy atom. The largest absolute Gasteiger partial charge is 0.478 e. The van der Waals surface area contributed by atoms with Crippen LogP contribution in [0.4, 0.5) is 11.4 Å². The number of benzene rings is 2. The van der Waals surface area contributed by atoms with E-state index in [1.165, 1.54) is 47.4 Å². The van der Waals surface area contributed by atoms with Gasteiger partial charge in [-0.2, -0.15) is 10.4 Å². The molecule has 13 nitrogen and oxygen atoms in total. The second kappa shape index (κ2) is 11.9. The lowest BCUT2D eigenvalue weighted by Gasteiger charge is -2.08. The van der Waals surface area contributed by atoms with E-state index >= 15 is 0 Å². The van der Waals surface area contributed by atoms with E-state index in [9.17, 15) is 20.0 Å². The molecule has 1 amide bonds. The third kappa shape index (κ3) is 5.85. The highest BCUT2D eigenvalue weighted by atomic mass is 16.4. The Labute approximate surface area is 227 Å². The van der Waals surface area contributed by atoms with Crippen molar-refractivity contribution in [3.8, 4) is 23.1 Å². The minimum absolute atomic E-state index is 0.0364. The van der Waals surface area contributed by atoms with E-state index in [4.69, 9.17) is 12.4 Å². The summed E-state index contributed by atoms with van der Waals surface area (Å²) in [7, 11) is 0. The highest BCUT2D eigenvalue weighted by Gasteiger charge is 2.17. The summed E-state index contributed by atoms with van der Waals surface area (Å²) < 4.78 is 1.35. The predicted octanol–water partition coefficient (Wildman–Crippen LogP) is 3.26. The Morgan fingerprint density at radius 2 is 2.05 bits per heavy atom. The zero-order chi connectivity index (χ0) is 28.6. The topological polar surface area (TPSA) is 189 Å². The van der Waals surface area contributed by atoms with Gasteiger partial charge in [-0.25, -0.2) is 19.3 Å². The normalized spacial score (nSPS) is 11.1. The number of rotatable bonds is 8. The van der Waals surface area contributed by atoms with Crippen LogP contribution < -0.4 is 11.2 Å². The molecule has 0 aliphatic heterocycles. The number of nitriles is 1. The van der Waals surface area contributed by atoms with Crippen molar-refractivity contribution in [3.63, 3.8) is 0 Å². The van der Waals surface area contributed by atoms with Crippen LogP contribution >= 0.6 is 0 Å². The van der Waals surface area contributed by atoms with Crippen molar-refractivity contribution in [2.45, 2.75) is 6.92 Å². The predicted molar refractivity (Wildman–Crippen MR) is 146 cm³/mol. The Morgan fingerprint density at radius 1 is 1.23 bits per heavy atom. The summed E-state index contributed by atoms with van der Waals surface area (Å²) in [6.45, 7) is 9.35. The highest BCUT2D eigenvalue weighted by Crippen LogP contribution is 2.22. The first-order chi connectivity index (χ1) is 19.4. The van der Waals surface area contributed by atoms with E-state index < -0.39 is 5.97 Å². The molecule has 0 fully saturated rings. The van der Waals surface area contributed by atoms with Gasteiger partial charge in [0.1, 0.15) is 17.5 Å². The smallest absolute Gasteiger partial charge is 0.337 e. The van der Waals surface area contributed by atoms with Gasteiger partial charge in [0.05, 0.1) is 52.9 Å². The van der Waals surface area contributed by atoms with Gasteiger partial charge in [-0.3, -0.25) is 9.79 Å². The number of nitrogens with zero attached hydrogens (tertiary/aromatic N) is 8. The van der Waals surface area contributed by atoms with Gasteiger partial charge in [-0.1, -0.05) is 17.3 Å². The fourth-order valence-corrected chi connectivity index (χ4v) is 3.59. The molecule has 4 N–H and O–H groups in total. The summed E-state index contributed by atoms with van der Waals surface area (Å²) >= 11 is 0. The number of carboxylic acids is 1. The van der Waals surface area contributed by atoms with E-state index in [0.717, 1.165) is 0 Å². The third-order valence-corrected chi connectivity index (χ3v) is 5.50. The quantitative estimate of drug-likeness (QED) is 0.133. The molecule has 0 radical (unpaired) electrons. The molecule has 0 saturated heterocycles. The minimum atomic E-state index is -1.22. The zero-order valence-electron chi connectivity index (χ0n) is 21.0. The van der Waals surface area contributed by atoms with Crippen LogP contribution in [0.5, 0.6) is 0 Å². The second-order valence-corrected chi connectivity index (χ2v) is 8.09. The molecule has 0 aliphatic carbocycles. The van der Waals surface area contributed by atoms with Crippen LogP contribution in [0.25, 0.3) is 21.9 Å². The van der Waals surface area contributed by atoms with Gasteiger partial charge in [0, 0.05) is 12.1 Å². The lowest BCUT2D eigenvalue weighted by Crippen LogP contribution is -2.23. The summed E-state index contributed by atoms with van der Waals surface area (Å²) in [6, 6.07) is 15.7. The average molecular weight is 533 g/mol. The molecule has 0 spiro atoms. The molecule has 0 atom stereocenters. The van der Waals surface area contributed by atoms with Crippen molar-refractivity contribution in [1.29, 1.82) is 5.26 Å². The molecule has 40 heavy (non-hydrogen) atoms. The number of nitrogens with one attached hydrogen (secondary N) is 1. The van der Waals surface area contributed by atoms with Crippen LogP contribution in [0.15, 0.2) is 70.9 Å². The van der Waals surface area contributed by atoms with Crippen molar-refractivity contribution < 1.29 is 14.7 Å². The van der Waals surface area contributed by atoms with Crippen LogP contribution in [-0.4, -0.2) is 55.4 Å². The van der Waals surface area contributed by atoms with Crippen molar-refractivity contribution in [2.75, 3.05) is 6.54 Å². The first kappa shape index (κ1) is 26.8. The number of carboxylic acid groups (broad SMARTS) is 1. The van der Waals surface area contributed by atoms with Crippen molar-refractivity contribution in [3.05, 3.63) is 94.6 Å². The molecule has 0 saturated carbocycles. The van der Waals surface area contributed by atoms with Crippen LogP contribution in [0.3, 0.4) is 0 Å². The van der Waals surface area contributed by atoms with E-state index in [-0.39, 0.29) is 45.4 Å². The van der Waals surface area contributed by atoms with E-state index in [1.54, 1.807) is 31.2 Å². The molecule has 4 aromatic rings. The number of carbonyl (C=O) groups is 2. The Kier molecular flexibility index (Phi) is 7.98. The van der Waals surface area contributed by atoms with Gasteiger partial charge >= 0.3 is 5.97 Å². The Bertz CT molecular complexity index is 1760. The number of aliphatic imine (C=N–C) groups is 1. The molecule has 0 bridgehead atoms. The Hall–Kier alpha value is -6.21. The van der Waals surface area contributed by atoms with Gasteiger partial charge in [0.2, 0.25) is 0 Å². The lowest BCUT2D eigenvalue weighted by atomic mass is 10.1. The minimum Gasteiger partial charge on any atom is -0.478 e. The number of hydrogen-bond acceptors (Lipinski definition) is 9. The number of hydrazone groups is 1. The number of amides is 1. The monoisotopic (exact) mass is 532 g/mol. The Balaban J connectivity index is 1.75. The van der Waals surface area contributed by atoms with E-state index in [0.29, 0.717) is 23.6 Å². The molecule has 13 heteroatoms. The third-order valence-electron chi connectivity index (χ3n) is 5.50. The van der Waals surface area contributed by atoms with Crippen LogP contribution in [0.1, 0.15) is 38.9 Å². The molecule has 0 unspecified atom stereocenters. The van der Waals surface area contributed by atoms with Crippen LogP contribution in [0.2, 0.25) is 0 Å². The van der Waals surface area contributed by atoms with E-state index in [1.807, 2.05) is 6.07 Å². The zero-order valence-corrected chi connectivity index (χ0v) is 21.0. The van der Waals surface area contributed by atoms with Gasteiger partial charge in [-0.05, 0) is 49.4 Å². The lowest BCUT2D eigenvalue weighted by molar-refractivity contribution is 0.0696. The number of aromatic nitrogens is 4. The summed E-state index contributed by atoms with van der Waals surface area (Å²) in [6.07, 6.45) is 2.90. The van der Waals surface area contributed by atoms with E-state index in [2.05, 4.69) is 35.6 Å². The number of aromatic carboxylic acids is 1. The number of hydrogen-bond donors (Lipinski definition) is 3.